The summed E-state index contributed by atoms with van der Waals surface area (Å²) in [5, 5.41) is 0. The highest BCUT2D eigenvalue weighted by Gasteiger charge is 2.48. The van der Waals surface area contributed by atoms with Gasteiger partial charge in [-0.2, -0.15) is 0 Å². The second-order valence-corrected chi connectivity index (χ2v) is 21.2. The minimum atomic E-state index is -0.478. The number of fused-ring (bicyclic) bond motifs is 9. The summed E-state index contributed by atoms with van der Waals surface area (Å²) in [6.07, 6.45) is 2.85. The van der Waals surface area contributed by atoms with Crippen molar-refractivity contribution in [3.63, 3.8) is 0 Å². The molecule has 0 bridgehead atoms. The van der Waals surface area contributed by atoms with E-state index in [4.69, 9.17) is 0 Å². The molecular weight excluding hydrogens is 853 g/mol. The molecule has 0 N–H and O–H groups in total. The fourth-order valence-corrected chi connectivity index (χ4v) is 13.8. The van der Waals surface area contributed by atoms with E-state index in [1.165, 1.54) is 128 Å². The molecule has 0 aromatic heterocycles. The van der Waals surface area contributed by atoms with Crippen molar-refractivity contribution in [2.75, 3.05) is 0 Å². The SMILES string of the molecule is Cc1ccc(C2(c3ccc(C)cc3)c3ccccc3-c3cc(Cc4ccc(C5(c6ccc(C)cc6)c6ccccc6-c6c(CCC7(C)c8ccccc8-c8cccc(C)c87)cccc65)cc4)ccc32)cc1. The van der Waals surface area contributed by atoms with Gasteiger partial charge in [-0.15, -0.1) is 0 Å². The van der Waals surface area contributed by atoms with Crippen molar-refractivity contribution < 1.29 is 0 Å². The summed E-state index contributed by atoms with van der Waals surface area (Å²) < 4.78 is 0. The Morgan fingerprint density at radius 2 is 0.775 bits per heavy atom. The molecule has 342 valence electrons. The number of hydrogen-bond acceptors (Lipinski definition) is 0. The Hall–Kier alpha value is -7.80. The van der Waals surface area contributed by atoms with Crippen LogP contribution in [0.15, 0.2) is 224 Å². The molecule has 0 saturated carbocycles. The fourth-order valence-electron chi connectivity index (χ4n) is 13.8. The average molecular weight is 911 g/mol. The molecular formula is C71H58. The molecule has 0 amide bonds. The lowest BCUT2D eigenvalue weighted by Crippen LogP contribution is -2.28. The van der Waals surface area contributed by atoms with Crippen molar-refractivity contribution in [1.29, 1.82) is 0 Å². The van der Waals surface area contributed by atoms with Gasteiger partial charge in [0, 0.05) is 5.41 Å². The molecule has 0 radical (unpaired) electrons. The summed E-state index contributed by atoms with van der Waals surface area (Å²) in [5.41, 5.74) is 30.1. The molecule has 0 aliphatic heterocycles. The van der Waals surface area contributed by atoms with Crippen LogP contribution in [0.2, 0.25) is 0 Å². The third-order valence-corrected chi connectivity index (χ3v) is 17.0. The van der Waals surface area contributed by atoms with Gasteiger partial charge in [0.05, 0.1) is 10.8 Å². The summed E-state index contributed by atoms with van der Waals surface area (Å²) in [6.45, 7) is 11.4. The highest BCUT2D eigenvalue weighted by Crippen LogP contribution is 2.59. The third-order valence-electron chi connectivity index (χ3n) is 17.0. The smallest absolute Gasteiger partial charge is 0.0619 e. The van der Waals surface area contributed by atoms with Crippen LogP contribution in [0.4, 0.5) is 0 Å². The first kappa shape index (κ1) is 43.2. The van der Waals surface area contributed by atoms with Gasteiger partial charge in [0.2, 0.25) is 0 Å². The first-order valence-corrected chi connectivity index (χ1v) is 25.7. The second kappa shape index (κ2) is 16.4. The van der Waals surface area contributed by atoms with Gasteiger partial charge in [0.1, 0.15) is 0 Å². The second-order valence-electron chi connectivity index (χ2n) is 21.2. The van der Waals surface area contributed by atoms with Gasteiger partial charge in [-0.25, -0.2) is 0 Å². The first-order chi connectivity index (χ1) is 34.7. The number of benzene rings is 10. The molecule has 0 nitrogen and oxygen atoms in total. The van der Waals surface area contributed by atoms with Gasteiger partial charge in [-0.1, -0.05) is 248 Å². The minimum absolute atomic E-state index is 0.0878. The predicted molar refractivity (Wildman–Crippen MR) is 296 cm³/mol. The lowest BCUT2D eigenvalue weighted by Gasteiger charge is -2.34. The number of rotatable bonds is 9. The molecule has 10 aromatic rings. The van der Waals surface area contributed by atoms with E-state index in [0.29, 0.717) is 0 Å². The summed E-state index contributed by atoms with van der Waals surface area (Å²) in [5.74, 6) is 0. The van der Waals surface area contributed by atoms with Gasteiger partial charge in [0.15, 0.2) is 0 Å². The Morgan fingerprint density at radius 1 is 0.338 bits per heavy atom. The highest BCUT2D eigenvalue weighted by atomic mass is 14.5. The van der Waals surface area contributed by atoms with Crippen LogP contribution in [0, 0.1) is 27.7 Å². The molecule has 0 saturated heterocycles. The Morgan fingerprint density at radius 3 is 1.38 bits per heavy atom. The number of hydrogen-bond donors (Lipinski definition) is 0. The molecule has 2 unspecified atom stereocenters. The molecule has 3 aliphatic carbocycles. The summed E-state index contributed by atoms with van der Waals surface area (Å²) >= 11 is 0. The Kier molecular flexibility index (Phi) is 9.98. The molecule has 13 rings (SSSR count). The minimum Gasteiger partial charge on any atom is -0.0619 e. The van der Waals surface area contributed by atoms with Gasteiger partial charge < -0.3 is 0 Å². The van der Waals surface area contributed by atoms with Gasteiger partial charge in [-0.05, 0) is 158 Å². The maximum atomic E-state index is 2.49. The van der Waals surface area contributed by atoms with E-state index >= 15 is 0 Å². The van der Waals surface area contributed by atoms with E-state index in [2.05, 4.69) is 259 Å². The molecule has 0 heteroatoms. The third kappa shape index (κ3) is 6.36. The van der Waals surface area contributed by atoms with Crippen LogP contribution in [0.5, 0.6) is 0 Å². The Bertz CT molecular complexity index is 3650. The summed E-state index contributed by atoms with van der Waals surface area (Å²) in [4.78, 5) is 0. The average Bonchev–Trinajstić information content (AvgIpc) is 3.98. The van der Waals surface area contributed by atoms with Crippen molar-refractivity contribution in [2.24, 2.45) is 0 Å². The lowest BCUT2D eigenvalue weighted by atomic mass is 9.67. The van der Waals surface area contributed by atoms with E-state index < -0.39 is 10.8 Å². The molecule has 0 spiro atoms. The van der Waals surface area contributed by atoms with Crippen molar-refractivity contribution >= 4 is 0 Å². The first-order valence-electron chi connectivity index (χ1n) is 25.7. The topological polar surface area (TPSA) is 0 Å². The van der Waals surface area contributed by atoms with Crippen LogP contribution < -0.4 is 0 Å². The maximum absolute atomic E-state index is 2.49. The highest BCUT2D eigenvalue weighted by molar-refractivity contribution is 5.89. The van der Waals surface area contributed by atoms with Gasteiger partial charge in [-0.3, -0.25) is 0 Å². The summed E-state index contributed by atoms with van der Waals surface area (Å²) in [6, 6.07) is 86.3. The zero-order chi connectivity index (χ0) is 48.1. The van der Waals surface area contributed by atoms with Crippen LogP contribution in [0.3, 0.4) is 0 Å². The van der Waals surface area contributed by atoms with E-state index in [-0.39, 0.29) is 5.41 Å². The maximum Gasteiger partial charge on any atom is 0.0713 e. The van der Waals surface area contributed by atoms with Gasteiger partial charge >= 0.3 is 0 Å². The zero-order valence-electron chi connectivity index (χ0n) is 41.5. The van der Waals surface area contributed by atoms with Crippen LogP contribution in [0.1, 0.15) is 108 Å². The van der Waals surface area contributed by atoms with E-state index in [1.807, 2.05) is 0 Å². The van der Waals surface area contributed by atoms with Crippen LogP contribution in [0.25, 0.3) is 33.4 Å². The monoisotopic (exact) mass is 910 g/mol. The standard InChI is InChI=1S/C71H58/c1-46-24-33-53(34-25-46)70(54-35-26-47(2)27-36-54)63-21-10-7-17-58(63)61-45-51(32-41-65(61)70)44-50-30-39-56(40-31-50)71(55-37-28-48(3)29-38-55)64-22-11-8-18-60(64)67-52(15-13-23-66(67)71)42-43-69(5)62-20-9-6-16-57(62)59-19-12-14-49(4)68(59)69/h6-41,45H,42-44H2,1-5H3. The van der Waals surface area contributed by atoms with E-state index in [1.54, 1.807) is 0 Å². The molecule has 3 aliphatic rings. The van der Waals surface area contributed by atoms with Crippen molar-refractivity contribution in [2.45, 2.75) is 70.1 Å². The normalized spacial score (nSPS) is 17.5. The Labute approximate surface area is 420 Å². The van der Waals surface area contributed by atoms with E-state index in [0.717, 1.165) is 19.3 Å². The summed E-state index contributed by atoms with van der Waals surface area (Å²) in [7, 11) is 0. The van der Waals surface area contributed by atoms with Crippen molar-refractivity contribution in [3.8, 4) is 33.4 Å². The van der Waals surface area contributed by atoms with Crippen molar-refractivity contribution in [1.82, 2.24) is 0 Å². The van der Waals surface area contributed by atoms with E-state index in [9.17, 15) is 0 Å². The molecule has 2 atom stereocenters. The fraction of sp³-hybridized carbons (Fsp3) is 0.155. The van der Waals surface area contributed by atoms with Gasteiger partial charge in [0.25, 0.3) is 0 Å². The Balaban J connectivity index is 0.897. The quantitative estimate of drug-likeness (QED) is 0.135. The molecule has 0 fully saturated rings. The lowest BCUT2D eigenvalue weighted by molar-refractivity contribution is 0.530. The predicted octanol–water partition coefficient (Wildman–Crippen LogP) is 17.2. The van der Waals surface area contributed by atoms with Crippen molar-refractivity contribution in [3.05, 3.63) is 319 Å². The van der Waals surface area contributed by atoms with Crippen LogP contribution in [-0.2, 0) is 29.1 Å². The molecule has 10 aromatic carbocycles. The van der Waals surface area contributed by atoms with Crippen LogP contribution >= 0.6 is 0 Å². The molecule has 71 heavy (non-hydrogen) atoms. The van der Waals surface area contributed by atoms with Crippen LogP contribution in [-0.4, -0.2) is 0 Å². The molecule has 0 heterocycles. The zero-order valence-corrected chi connectivity index (χ0v) is 41.5. The number of aryl methyl sites for hydroxylation is 5. The largest absolute Gasteiger partial charge is 0.0713 e.